The third-order valence-corrected chi connectivity index (χ3v) is 4.23. The van der Waals surface area contributed by atoms with Crippen LogP contribution in [0.5, 0.6) is 0 Å². The third kappa shape index (κ3) is 3.68. The molecule has 0 atom stereocenters. The SMILES string of the molecule is Nc1c(C(=O)NC2CCN(c3ncccn3)CC2)cc(F)cc1[N+](=O)[O-]. The van der Waals surface area contributed by atoms with Gasteiger partial charge in [-0.1, -0.05) is 0 Å². The maximum absolute atomic E-state index is 13.6. The molecule has 26 heavy (non-hydrogen) atoms. The number of nitrogens with one attached hydrogen (secondary N) is 1. The van der Waals surface area contributed by atoms with E-state index in [0.29, 0.717) is 37.9 Å². The molecule has 1 aromatic heterocycles. The molecule has 0 saturated carbocycles. The Morgan fingerprint density at radius 2 is 1.96 bits per heavy atom. The van der Waals surface area contributed by atoms with E-state index in [-0.39, 0.29) is 17.3 Å². The van der Waals surface area contributed by atoms with Crippen LogP contribution in [-0.2, 0) is 0 Å². The molecule has 136 valence electrons. The van der Waals surface area contributed by atoms with E-state index in [2.05, 4.69) is 15.3 Å². The number of halogens is 1. The molecule has 0 spiro atoms. The van der Waals surface area contributed by atoms with Crippen molar-refractivity contribution in [2.75, 3.05) is 23.7 Å². The lowest BCUT2D eigenvalue weighted by Crippen LogP contribution is -2.45. The molecule has 9 nitrogen and oxygen atoms in total. The van der Waals surface area contributed by atoms with Gasteiger partial charge < -0.3 is 16.0 Å². The molecule has 0 unspecified atom stereocenters. The van der Waals surface area contributed by atoms with Crippen LogP contribution in [0.1, 0.15) is 23.2 Å². The molecule has 1 aromatic carbocycles. The highest BCUT2D eigenvalue weighted by Gasteiger charge is 2.26. The number of nitro benzene ring substituents is 1. The number of aromatic nitrogens is 2. The normalized spacial score (nSPS) is 14.9. The van der Waals surface area contributed by atoms with E-state index in [4.69, 9.17) is 5.73 Å². The van der Waals surface area contributed by atoms with Gasteiger partial charge in [-0.3, -0.25) is 14.9 Å². The summed E-state index contributed by atoms with van der Waals surface area (Å²) in [5, 5.41) is 13.7. The fourth-order valence-corrected chi connectivity index (χ4v) is 2.88. The molecule has 1 aliphatic rings. The second-order valence-electron chi connectivity index (χ2n) is 5.93. The van der Waals surface area contributed by atoms with Crippen LogP contribution < -0.4 is 16.0 Å². The lowest BCUT2D eigenvalue weighted by Gasteiger charge is -2.32. The van der Waals surface area contributed by atoms with Gasteiger partial charge in [-0.15, -0.1) is 0 Å². The Balaban J connectivity index is 1.66. The van der Waals surface area contributed by atoms with Gasteiger partial charge in [-0.25, -0.2) is 14.4 Å². The Morgan fingerprint density at radius 3 is 2.58 bits per heavy atom. The highest BCUT2D eigenvalue weighted by Crippen LogP contribution is 2.27. The number of nitrogens with zero attached hydrogens (tertiary/aromatic N) is 4. The number of anilines is 2. The van der Waals surface area contributed by atoms with Gasteiger partial charge in [0, 0.05) is 31.5 Å². The topological polar surface area (TPSA) is 127 Å². The number of rotatable bonds is 4. The Hall–Kier alpha value is -3.30. The number of carbonyl (C=O) groups excluding carboxylic acids is 1. The van der Waals surface area contributed by atoms with E-state index in [0.717, 1.165) is 6.07 Å². The molecule has 1 fully saturated rings. The fraction of sp³-hybridized carbons (Fsp3) is 0.312. The smallest absolute Gasteiger partial charge is 0.295 e. The van der Waals surface area contributed by atoms with Crippen molar-refractivity contribution in [3.05, 3.63) is 52.1 Å². The molecule has 1 aliphatic heterocycles. The first-order valence-corrected chi connectivity index (χ1v) is 8.02. The summed E-state index contributed by atoms with van der Waals surface area (Å²) in [5.74, 6) is -0.881. The highest BCUT2D eigenvalue weighted by molar-refractivity contribution is 6.01. The Morgan fingerprint density at radius 1 is 1.31 bits per heavy atom. The highest BCUT2D eigenvalue weighted by atomic mass is 19.1. The summed E-state index contributed by atoms with van der Waals surface area (Å²) in [6.45, 7) is 1.29. The molecule has 0 aliphatic carbocycles. The van der Waals surface area contributed by atoms with E-state index < -0.39 is 22.3 Å². The number of hydrogen-bond donors (Lipinski definition) is 2. The fourth-order valence-electron chi connectivity index (χ4n) is 2.88. The van der Waals surface area contributed by atoms with Crippen LogP contribution in [0.4, 0.5) is 21.7 Å². The number of amides is 1. The lowest BCUT2D eigenvalue weighted by atomic mass is 10.0. The lowest BCUT2D eigenvalue weighted by molar-refractivity contribution is -0.384. The predicted molar refractivity (Wildman–Crippen MR) is 92.2 cm³/mol. The zero-order valence-corrected chi connectivity index (χ0v) is 13.8. The van der Waals surface area contributed by atoms with E-state index in [9.17, 15) is 19.3 Å². The van der Waals surface area contributed by atoms with E-state index in [1.165, 1.54) is 0 Å². The minimum absolute atomic E-state index is 0.149. The molecule has 3 N–H and O–H groups in total. The summed E-state index contributed by atoms with van der Waals surface area (Å²) in [7, 11) is 0. The van der Waals surface area contributed by atoms with E-state index in [1.54, 1.807) is 18.5 Å². The van der Waals surface area contributed by atoms with Crippen molar-refractivity contribution in [3.63, 3.8) is 0 Å². The molecular weight excluding hydrogens is 343 g/mol. The molecule has 0 bridgehead atoms. The van der Waals surface area contributed by atoms with Crippen LogP contribution >= 0.6 is 0 Å². The molecule has 10 heteroatoms. The molecule has 0 radical (unpaired) electrons. The van der Waals surface area contributed by atoms with Gasteiger partial charge in [0.15, 0.2) is 0 Å². The Labute approximate surface area is 148 Å². The summed E-state index contributed by atoms with van der Waals surface area (Å²) in [6, 6.07) is 3.19. The summed E-state index contributed by atoms with van der Waals surface area (Å²) < 4.78 is 13.6. The molecular formula is C16H17FN6O3. The molecule has 2 heterocycles. The first kappa shape index (κ1) is 17.5. The van der Waals surface area contributed by atoms with Gasteiger partial charge in [-0.2, -0.15) is 0 Å². The van der Waals surface area contributed by atoms with Crippen LogP contribution in [0.3, 0.4) is 0 Å². The van der Waals surface area contributed by atoms with Crippen molar-refractivity contribution >= 4 is 23.2 Å². The zero-order valence-electron chi connectivity index (χ0n) is 13.8. The Bertz CT molecular complexity index is 824. The molecule has 1 amide bonds. The van der Waals surface area contributed by atoms with Crippen molar-refractivity contribution in [1.29, 1.82) is 0 Å². The average molecular weight is 360 g/mol. The monoisotopic (exact) mass is 360 g/mol. The van der Waals surface area contributed by atoms with Crippen LogP contribution in [0.25, 0.3) is 0 Å². The van der Waals surface area contributed by atoms with Gasteiger partial charge in [0.1, 0.15) is 11.5 Å². The zero-order chi connectivity index (χ0) is 18.7. The first-order valence-electron chi connectivity index (χ1n) is 8.02. The van der Waals surface area contributed by atoms with Crippen LogP contribution in [0, 0.1) is 15.9 Å². The number of nitrogens with two attached hydrogens (primary N) is 1. The number of nitro groups is 1. The van der Waals surface area contributed by atoms with Crippen molar-refractivity contribution in [2.45, 2.75) is 18.9 Å². The van der Waals surface area contributed by atoms with Crippen LogP contribution in [0.15, 0.2) is 30.6 Å². The third-order valence-electron chi connectivity index (χ3n) is 4.23. The van der Waals surface area contributed by atoms with Gasteiger partial charge in [-0.05, 0) is 25.0 Å². The van der Waals surface area contributed by atoms with Crippen LogP contribution in [0.2, 0.25) is 0 Å². The van der Waals surface area contributed by atoms with E-state index in [1.807, 2.05) is 4.90 Å². The van der Waals surface area contributed by atoms with Crippen LogP contribution in [-0.4, -0.2) is 39.9 Å². The van der Waals surface area contributed by atoms with Crippen molar-refractivity contribution in [1.82, 2.24) is 15.3 Å². The number of nitrogen functional groups attached to an aromatic ring is 1. The summed E-state index contributed by atoms with van der Waals surface area (Å²) in [4.78, 5) is 32.9. The van der Waals surface area contributed by atoms with Gasteiger partial charge in [0.25, 0.3) is 11.6 Å². The number of hydrogen-bond acceptors (Lipinski definition) is 7. The molecule has 1 saturated heterocycles. The summed E-state index contributed by atoms with van der Waals surface area (Å²) in [6.07, 6.45) is 4.61. The Kier molecular flexibility index (Phi) is 4.92. The summed E-state index contributed by atoms with van der Waals surface area (Å²) >= 11 is 0. The van der Waals surface area contributed by atoms with Crippen molar-refractivity contribution in [3.8, 4) is 0 Å². The largest absolute Gasteiger partial charge is 0.393 e. The van der Waals surface area contributed by atoms with Gasteiger partial charge >= 0.3 is 0 Å². The van der Waals surface area contributed by atoms with Gasteiger partial charge in [0.2, 0.25) is 5.95 Å². The standard InChI is InChI=1S/C16H17FN6O3/c17-10-8-12(14(18)13(9-10)23(25)26)15(24)21-11-2-6-22(7-3-11)16-19-4-1-5-20-16/h1,4-5,8-9,11H,2-3,6-7,18H2,(H,21,24). The summed E-state index contributed by atoms with van der Waals surface area (Å²) in [5.41, 5.74) is 4.47. The van der Waals surface area contributed by atoms with Crippen molar-refractivity contribution in [2.24, 2.45) is 0 Å². The maximum atomic E-state index is 13.6. The number of piperidine rings is 1. The van der Waals surface area contributed by atoms with Crippen molar-refractivity contribution < 1.29 is 14.1 Å². The number of benzene rings is 1. The molecule has 2 aromatic rings. The van der Waals surface area contributed by atoms with Gasteiger partial charge in [0.05, 0.1) is 16.6 Å². The maximum Gasteiger partial charge on any atom is 0.295 e. The average Bonchev–Trinajstić information content (AvgIpc) is 2.64. The minimum atomic E-state index is -0.882. The predicted octanol–water partition coefficient (Wildman–Crippen LogP) is 1.50. The first-order chi connectivity index (χ1) is 12.5. The number of carbonyl (C=O) groups is 1. The minimum Gasteiger partial charge on any atom is -0.393 e. The van der Waals surface area contributed by atoms with E-state index >= 15 is 0 Å². The second kappa shape index (κ2) is 7.30. The second-order valence-corrected chi connectivity index (χ2v) is 5.93. The quantitative estimate of drug-likeness (QED) is 0.480. The molecule has 3 rings (SSSR count).